The van der Waals surface area contributed by atoms with Gasteiger partial charge in [-0.15, -0.1) is 10.2 Å². The smallest absolute Gasteiger partial charge is 0.234 e. The fourth-order valence-corrected chi connectivity index (χ4v) is 3.28. The van der Waals surface area contributed by atoms with Crippen LogP contribution in [0.2, 0.25) is 0 Å². The number of nitrogens with zero attached hydrogens (tertiary/aromatic N) is 4. The third-order valence-corrected chi connectivity index (χ3v) is 4.82. The number of aryl methyl sites for hydroxylation is 1. The highest BCUT2D eigenvalue weighted by Gasteiger charge is 2.30. The number of fused-ring (bicyclic) bond motifs is 1. The van der Waals surface area contributed by atoms with Gasteiger partial charge in [0.25, 0.3) is 0 Å². The molecule has 2 aromatic heterocycles. The second-order valence-electron chi connectivity index (χ2n) is 5.78. The third-order valence-electron chi connectivity index (χ3n) is 3.92. The van der Waals surface area contributed by atoms with Crippen molar-refractivity contribution in [2.75, 3.05) is 0 Å². The molecule has 0 radical (unpaired) electrons. The number of aromatic nitrogens is 4. The van der Waals surface area contributed by atoms with Gasteiger partial charge in [0, 0.05) is 12.3 Å². The summed E-state index contributed by atoms with van der Waals surface area (Å²) >= 11 is 1.48. The van der Waals surface area contributed by atoms with Crippen LogP contribution in [0.15, 0.2) is 30.3 Å². The molecule has 1 aliphatic rings. The zero-order chi connectivity index (χ0) is 15.6. The summed E-state index contributed by atoms with van der Waals surface area (Å²) in [6.07, 6.45) is 3.58. The van der Waals surface area contributed by atoms with E-state index in [0.29, 0.717) is 18.9 Å². The predicted molar refractivity (Wildman–Crippen MR) is 87.2 cm³/mol. The Morgan fingerprint density at radius 1 is 1.26 bits per heavy atom. The first-order valence-corrected chi connectivity index (χ1v) is 8.63. The minimum Gasteiger partial charge on any atom is -0.350 e. The summed E-state index contributed by atoms with van der Waals surface area (Å²) < 4.78 is 1.83. The minimum absolute atomic E-state index is 0.0437. The first-order chi connectivity index (χ1) is 11.3. The zero-order valence-electron chi connectivity index (χ0n) is 12.6. The normalized spacial score (nSPS) is 14.3. The van der Waals surface area contributed by atoms with Crippen molar-refractivity contribution in [2.24, 2.45) is 0 Å². The van der Waals surface area contributed by atoms with E-state index in [9.17, 15) is 4.79 Å². The van der Waals surface area contributed by atoms with Crippen molar-refractivity contribution >= 4 is 22.2 Å². The molecule has 1 saturated carbocycles. The summed E-state index contributed by atoms with van der Waals surface area (Å²) in [6.45, 7) is 0.450. The van der Waals surface area contributed by atoms with Crippen LogP contribution in [0.1, 0.15) is 41.6 Å². The number of amides is 1. The van der Waals surface area contributed by atoms with Gasteiger partial charge in [-0.1, -0.05) is 41.7 Å². The number of carbonyl (C=O) groups excluding carboxylic acids is 1. The molecule has 0 saturated heterocycles. The average Bonchev–Trinajstić information content (AvgIpc) is 3.21. The standard InChI is InChI=1S/C16H17N5OS/c22-13(9-6-11-4-2-1-3-5-11)17-10-14-20-21-15(12-7-8-12)18-19-16(21)23-14/h1-5,12H,6-10H2,(H,17,22). The molecule has 1 aliphatic carbocycles. The Kier molecular flexibility index (Phi) is 3.78. The summed E-state index contributed by atoms with van der Waals surface area (Å²) in [4.78, 5) is 12.8. The fourth-order valence-electron chi connectivity index (χ4n) is 2.50. The van der Waals surface area contributed by atoms with Crippen LogP contribution in [0.5, 0.6) is 0 Å². The van der Waals surface area contributed by atoms with Crippen molar-refractivity contribution in [3.63, 3.8) is 0 Å². The van der Waals surface area contributed by atoms with E-state index in [-0.39, 0.29) is 5.91 Å². The van der Waals surface area contributed by atoms with Crippen molar-refractivity contribution in [1.82, 2.24) is 25.1 Å². The first kappa shape index (κ1) is 14.3. The summed E-state index contributed by atoms with van der Waals surface area (Å²) in [5, 5.41) is 16.7. The lowest BCUT2D eigenvalue weighted by atomic mass is 10.1. The fraction of sp³-hybridized carbons (Fsp3) is 0.375. The van der Waals surface area contributed by atoms with Gasteiger partial charge in [0.05, 0.1) is 6.54 Å². The van der Waals surface area contributed by atoms with Crippen molar-refractivity contribution in [3.8, 4) is 0 Å². The highest BCUT2D eigenvalue weighted by molar-refractivity contribution is 7.16. The van der Waals surface area contributed by atoms with E-state index in [2.05, 4.69) is 20.6 Å². The Hall–Kier alpha value is -2.28. The largest absolute Gasteiger partial charge is 0.350 e. The lowest BCUT2D eigenvalue weighted by Gasteiger charge is -2.03. The van der Waals surface area contributed by atoms with Gasteiger partial charge in [-0.05, 0) is 24.8 Å². The number of carbonyl (C=O) groups is 1. The highest BCUT2D eigenvalue weighted by Crippen LogP contribution is 2.39. The molecule has 2 heterocycles. The summed E-state index contributed by atoms with van der Waals surface area (Å²) in [5.74, 6) is 1.51. The molecule has 0 atom stereocenters. The lowest BCUT2D eigenvalue weighted by Crippen LogP contribution is -2.23. The van der Waals surface area contributed by atoms with E-state index >= 15 is 0 Å². The number of benzene rings is 1. The van der Waals surface area contributed by atoms with Crippen LogP contribution in [0, 0.1) is 0 Å². The van der Waals surface area contributed by atoms with Gasteiger partial charge in [-0.3, -0.25) is 4.79 Å². The molecule has 1 fully saturated rings. The second-order valence-corrected chi connectivity index (χ2v) is 6.83. The van der Waals surface area contributed by atoms with Gasteiger partial charge in [-0.2, -0.15) is 9.61 Å². The molecule has 3 aromatic rings. The van der Waals surface area contributed by atoms with Crippen LogP contribution in [0.25, 0.3) is 4.96 Å². The number of hydrogen-bond acceptors (Lipinski definition) is 5. The van der Waals surface area contributed by atoms with E-state index in [4.69, 9.17) is 0 Å². The maximum atomic E-state index is 12.0. The van der Waals surface area contributed by atoms with E-state index < -0.39 is 0 Å². The third kappa shape index (κ3) is 3.24. The Morgan fingerprint density at radius 2 is 2.09 bits per heavy atom. The zero-order valence-corrected chi connectivity index (χ0v) is 13.4. The molecule has 1 aromatic carbocycles. The van der Waals surface area contributed by atoms with Gasteiger partial charge in [0.1, 0.15) is 5.01 Å². The summed E-state index contributed by atoms with van der Waals surface area (Å²) in [7, 11) is 0. The van der Waals surface area contributed by atoms with Crippen LogP contribution in [-0.2, 0) is 17.8 Å². The minimum atomic E-state index is 0.0437. The van der Waals surface area contributed by atoms with Gasteiger partial charge < -0.3 is 5.32 Å². The monoisotopic (exact) mass is 327 g/mol. The molecule has 0 spiro atoms. The summed E-state index contributed by atoms with van der Waals surface area (Å²) in [6, 6.07) is 10.0. The molecule has 118 valence electrons. The van der Waals surface area contributed by atoms with Crippen molar-refractivity contribution in [1.29, 1.82) is 0 Å². The molecule has 1 amide bonds. The van der Waals surface area contributed by atoms with Crippen LogP contribution in [0.3, 0.4) is 0 Å². The SMILES string of the molecule is O=C(CCc1ccccc1)NCc1nn2c(C3CC3)nnc2s1. The van der Waals surface area contributed by atoms with Gasteiger partial charge in [0.15, 0.2) is 5.82 Å². The van der Waals surface area contributed by atoms with E-state index in [0.717, 1.165) is 22.2 Å². The van der Waals surface area contributed by atoms with E-state index in [1.165, 1.54) is 29.7 Å². The van der Waals surface area contributed by atoms with Crippen molar-refractivity contribution in [2.45, 2.75) is 38.1 Å². The maximum Gasteiger partial charge on any atom is 0.234 e. The van der Waals surface area contributed by atoms with Crippen molar-refractivity contribution in [3.05, 3.63) is 46.7 Å². The van der Waals surface area contributed by atoms with E-state index in [1.807, 2.05) is 34.8 Å². The highest BCUT2D eigenvalue weighted by atomic mass is 32.1. The molecule has 0 aliphatic heterocycles. The quantitative estimate of drug-likeness (QED) is 0.754. The van der Waals surface area contributed by atoms with Crippen LogP contribution in [0.4, 0.5) is 0 Å². The Balaban J connectivity index is 1.32. The maximum absolute atomic E-state index is 12.0. The van der Waals surface area contributed by atoms with Crippen LogP contribution < -0.4 is 5.32 Å². The molecule has 0 unspecified atom stereocenters. The Labute approximate surface area is 137 Å². The molecule has 7 heteroatoms. The van der Waals surface area contributed by atoms with Gasteiger partial charge in [-0.25, -0.2) is 0 Å². The number of hydrogen-bond donors (Lipinski definition) is 1. The molecule has 4 rings (SSSR count). The topological polar surface area (TPSA) is 72.2 Å². The number of nitrogens with one attached hydrogen (secondary N) is 1. The lowest BCUT2D eigenvalue weighted by molar-refractivity contribution is -0.121. The number of rotatable bonds is 6. The molecular weight excluding hydrogens is 310 g/mol. The molecule has 0 bridgehead atoms. The molecular formula is C16H17N5OS. The molecule has 23 heavy (non-hydrogen) atoms. The van der Waals surface area contributed by atoms with Crippen molar-refractivity contribution < 1.29 is 4.79 Å². The first-order valence-electron chi connectivity index (χ1n) is 7.81. The van der Waals surface area contributed by atoms with Gasteiger partial charge >= 0.3 is 0 Å². The molecule has 1 N–H and O–H groups in total. The Morgan fingerprint density at radius 3 is 2.87 bits per heavy atom. The summed E-state index contributed by atoms with van der Waals surface area (Å²) in [5.41, 5.74) is 1.18. The predicted octanol–water partition coefficient (Wildman–Crippen LogP) is 2.31. The average molecular weight is 327 g/mol. The molecule has 6 nitrogen and oxygen atoms in total. The van der Waals surface area contributed by atoms with Crippen LogP contribution >= 0.6 is 11.3 Å². The van der Waals surface area contributed by atoms with Crippen LogP contribution in [-0.4, -0.2) is 25.7 Å². The second kappa shape index (κ2) is 6.08. The van der Waals surface area contributed by atoms with E-state index in [1.54, 1.807) is 0 Å². The van der Waals surface area contributed by atoms with Gasteiger partial charge in [0.2, 0.25) is 10.9 Å². The Bertz CT molecular complexity index is 821.